The van der Waals surface area contributed by atoms with Gasteiger partial charge < -0.3 is 5.32 Å². The maximum absolute atomic E-state index is 13.0. The minimum atomic E-state index is -0.451. The lowest BCUT2D eigenvalue weighted by Crippen LogP contribution is -2.02. The molecular formula is C12H12Cl2FN3. The predicted octanol–water partition coefficient (Wildman–Crippen LogP) is 3.79. The first-order chi connectivity index (χ1) is 8.49. The minimum absolute atomic E-state index is 0.265. The normalized spacial score (nSPS) is 10.7. The van der Waals surface area contributed by atoms with Crippen LogP contribution in [0.15, 0.2) is 18.3 Å². The van der Waals surface area contributed by atoms with E-state index in [1.807, 2.05) is 14.0 Å². The van der Waals surface area contributed by atoms with Crippen LogP contribution >= 0.6 is 23.2 Å². The van der Waals surface area contributed by atoms with Crippen LogP contribution in [0.5, 0.6) is 0 Å². The highest BCUT2D eigenvalue weighted by Gasteiger charge is 2.09. The van der Waals surface area contributed by atoms with Crippen molar-refractivity contribution in [1.29, 1.82) is 0 Å². The quantitative estimate of drug-likeness (QED) is 0.931. The predicted molar refractivity (Wildman–Crippen MR) is 71.7 cm³/mol. The Kier molecular flexibility index (Phi) is 3.78. The lowest BCUT2D eigenvalue weighted by Gasteiger charge is -2.10. The molecule has 1 N–H and O–H groups in total. The largest absolute Gasteiger partial charge is 0.378 e. The Bertz CT molecular complexity index is 558. The van der Waals surface area contributed by atoms with Crippen molar-refractivity contribution < 1.29 is 4.39 Å². The number of aromatic nitrogens is 2. The van der Waals surface area contributed by atoms with Gasteiger partial charge in [-0.1, -0.05) is 23.2 Å². The molecule has 2 aromatic rings. The molecule has 0 aliphatic heterocycles. The molecule has 1 aromatic carbocycles. The number of anilines is 1. The molecule has 0 amide bonds. The standard InChI is InChI=1S/C12H12Cl2FN3/c1-7-8(6-17-18(7)2)5-16-12-10(13)3-9(15)4-11(12)14/h3-4,6,16H,5H2,1-2H3. The lowest BCUT2D eigenvalue weighted by atomic mass is 10.2. The second-order valence-electron chi connectivity index (χ2n) is 3.98. The van der Waals surface area contributed by atoms with Gasteiger partial charge in [-0.05, 0) is 19.1 Å². The molecular weight excluding hydrogens is 276 g/mol. The Hall–Kier alpha value is -1.26. The van der Waals surface area contributed by atoms with Crippen LogP contribution in [0.25, 0.3) is 0 Å². The number of halogens is 3. The number of rotatable bonds is 3. The van der Waals surface area contributed by atoms with Gasteiger partial charge in [0.1, 0.15) is 5.82 Å². The maximum atomic E-state index is 13.0. The van der Waals surface area contributed by atoms with Crippen molar-refractivity contribution in [2.75, 3.05) is 5.32 Å². The summed E-state index contributed by atoms with van der Waals surface area (Å²) in [6.45, 7) is 2.50. The summed E-state index contributed by atoms with van der Waals surface area (Å²) >= 11 is 11.9. The highest BCUT2D eigenvalue weighted by Crippen LogP contribution is 2.31. The van der Waals surface area contributed by atoms with Crippen molar-refractivity contribution >= 4 is 28.9 Å². The van der Waals surface area contributed by atoms with E-state index in [1.165, 1.54) is 12.1 Å². The molecule has 0 unspecified atom stereocenters. The fraction of sp³-hybridized carbons (Fsp3) is 0.250. The first-order valence-corrected chi connectivity index (χ1v) is 6.10. The molecule has 2 rings (SSSR count). The summed E-state index contributed by atoms with van der Waals surface area (Å²) in [6, 6.07) is 2.46. The summed E-state index contributed by atoms with van der Waals surface area (Å²) in [5.74, 6) is -0.451. The molecule has 0 radical (unpaired) electrons. The first-order valence-electron chi connectivity index (χ1n) is 5.35. The second kappa shape index (κ2) is 5.16. The molecule has 0 atom stereocenters. The van der Waals surface area contributed by atoms with Gasteiger partial charge in [-0.25, -0.2) is 4.39 Å². The third-order valence-corrected chi connectivity index (χ3v) is 3.40. The summed E-state index contributed by atoms with van der Waals surface area (Å²) in [4.78, 5) is 0. The van der Waals surface area contributed by atoms with Crippen molar-refractivity contribution in [3.05, 3.63) is 45.4 Å². The van der Waals surface area contributed by atoms with Crippen molar-refractivity contribution in [3.63, 3.8) is 0 Å². The van der Waals surface area contributed by atoms with Crippen LogP contribution in [-0.2, 0) is 13.6 Å². The highest BCUT2D eigenvalue weighted by molar-refractivity contribution is 6.39. The van der Waals surface area contributed by atoms with Gasteiger partial charge in [0.15, 0.2) is 0 Å². The summed E-state index contributed by atoms with van der Waals surface area (Å²) < 4.78 is 14.8. The average Bonchev–Trinajstić information content (AvgIpc) is 2.59. The minimum Gasteiger partial charge on any atom is -0.378 e. The van der Waals surface area contributed by atoms with Crippen molar-refractivity contribution in [3.8, 4) is 0 Å². The van der Waals surface area contributed by atoms with E-state index in [1.54, 1.807) is 10.9 Å². The molecule has 96 valence electrons. The zero-order chi connectivity index (χ0) is 13.3. The third-order valence-electron chi connectivity index (χ3n) is 2.80. The molecule has 0 aliphatic rings. The molecule has 0 spiro atoms. The van der Waals surface area contributed by atoms with E-state index in [-0.39, 0.29) is 10.0 Å². The molecule has 0 fully saturated rings. The Balaban J connectivity index is 2.18. The monoisotopic (exact) mass is 287 g/mol. The van der Waals surface area contributed by atoms with E-state index in [4.69, 9.17) is 23.2 Å². The van der Waals surface area contributed by atoms with Crippen LogP contribution in [0, 0.1) is 12.7 Å². The van der Waals surface area contributed by atoms with Crippen LogP contribution in [0.2, 0.25) is 10.0 Å². The van der Waals surface area contributed by atoms with Crippen LogP contribution in [-0.4, -0.2) is 9.78 Å². The van der Waals surface area contributed by atoms with Gasteiger partial charge in [-0.15, -0.1) is 0 Å². The Labute approximate surface area is 115 Å². The van der Waals surface area contributed by atoms with E-state index < -0.39 is 5.82 Å². The number of hydrogen-bond acceptors (Lipinski definition) is 2. The zero-order valence-corrected chi connectivity index (χ0v) is 11.5. The lowest BCUT2D eigenvalue weighted by molar-refractivity contribution is 0.628. The van der Waals surface area contributed by atoms with Crippen LogP contribution in [0.4, 0.5) is 10.1 Å². The van der Waals surface area contributed by atoms with Crippen LogP contribution in [0.1, 0.15) is 11.3 Å². The molecule has 1 heterocycles. The highest BCUT2D eigenvalue weighted by atomic mass is 35.5. The summed E-state index contributed by atoms with van der Waals surface area (Å²) in [7, 11) is 1.87. The van der Waals surface area contributed by atoms with Gasteiger partial charge in [-0.2, -0.15) is 5.10 Å². The molecule has 18 heavy (non-hydrogen) atoms. The number of benzene rings is 1. The first kappa shape index (κ1) is 13.2. The molecule has 3 nitrogen and oxygen atoms in total. The zero-order valence-electron chi connectivity index (χ0n) is 9.97. The van der Waals surface area contributed by atoms with Gasteiger partial charge in [0.2, 0.25) is 0 Å². The number of nitrogens with zero attached hydrogens (tertiary/aromatic N) is 2. The van der Waals surface area contributed by atoms with E-state index in [9.17, 15) is 4.39 Å². The molecule has 0 aliphatic carbocycles. The molecule has 6 heteroatoms. The van der Waals surface area contributed by atoms with Crippen LogP contribution in [0.3, 0.4) is 0 Å². The van der Waals surface area contributed by atoms with Gasteiger partial charge in [0, 0.05) is 24.8 Å². The van der Waals surface area contributed by atoms with Crippen molar-refractivity contribution in [2.45, 2.75) is 13.5 Å². The maximum Gasteiger partial charge on any atom is 0.126 e. The topological polar surface area (TPSA) is 29.9 Å². The van der Waals surface area contributed by atoms with Crippen molar-refractivity contribution in [1.82, 2.24) is 9.78 Å². The molecule has 0 saturated heterocycles. The smallest absolute Gasteiger partial charge is 0.126 e. The van der Waals surface area contributed by atoms with E-state index in [0.29, 0.717) is 12.2 Å². The van der Waals surface area contributed by atoms with Crippen LogP contribution < -0.4 is 5.32 Å². The summed E-state index contributed by atoms with van der Waals surface area (Å²) in [6.07, 6.45) is 1.77. The van der Waals surface area contributed by atoms with E-state index in [2.05, 4.69) is 10.4 Å². The Morgan fingerprint density at radius 1 is 1.33 bits per heavy atom. The van der Waals surface area contributed by atoms with Crippen molar-refractivity contribution in [2.24, 2.45) is 7.05 Å². The number of aryl methyl sites for hydroxylation is 1. The SMILES string of the molecule is Cc1c(CNc2c(Cl)cc(F)cc2Cl)cnn1C. The molecule has 1 aromatic heterocycles. The van der Waals surface area contributed by atoms with E-state index >= 15 is 0 Å². The van der Waals surface area contributed by atoms with Gasteiger partial charge in [0.05, 0.1) is 21.9 Å². The fourth-order valence-electron chi connectivity index (χ4n) is 1.61. The molecule has 0 saturated carbocycles. The molecule has 0 bridgehead atoms. The third kappa shape index (κ3) is 2.60. The summed E-state index contributed by atoms with van der Waals surface area (Å²) in [5, 5.41) is 7.76. The Morgan fingerprint density at radius 3 is 2.44 bits per heavy atom. The van der Waals surface area contributed by atoms with Gasteiger partial charge in [0.25, 0.3) is 0 Å². The van der Waals surface area contributed by atoms with E-state index in [0.717, 1.165) is 11.3 Å². The fourth-order valence-corrected chi connectivity index (χ4v) is 2.21. The number of hydrogen-bond donors (Lipinski definition) is 1. The van der Waals surface area contributed by atoms with Gasteiger partial charge in [-0.3, -0.25) is 4.68 Å². The second-order valence-corrected chi connectivity index (χ2v) is 4.79. The Morgan fingerprint density at radius 2 is 1.94 bits per heavy atom. The number of nitrogens with one attached hydrogen (secondary N) is 1. The average molecular weight is 288 g/mol. The van der Waals surface area contributed by atoms with Gasteiger partial charge >= 0.3 is 0 Å². The summed E-state index contributed by atoms with van der Waals surface area (Å²) in [5.41, 5.74) is 2.62.